The topological polar surface area (TPSA) is 20.2 Å². The average Bonchev–Trinajstić information content (AvgIpc) is 2.93. The zero-order valence-corrected chi connectivity index (χ0v) is 14.4. The van der Waals surface area contributed by atoms with Crippen LogP contribution in [0.25, 0.3) is 0 Å². The third kappa shape index (κ3) is 1.87. The lowest BCUT2D eigenvalue weighted by molar-refractivity contribution is -0.124. The summed E-state index contributed by atoms with van der Waals surface area (Å²) in [4.78, 5) is 0. The highest BCUT2D eigenvalue weighted by molar-refractivity contribution is 5.12. The predicted molar refractivity (Wildman–Crippen MR) is 91.4 cm³/mol. The first-order chi connectivity index (χ1) is 10.7. The summed E-state index contributed by atoms with van der Waals surface area (Å²) < 4.78 is 0. The smallest absolute Gasteiger partial charge is 0.0495 e. The van der Waals surface area contributed by atoms with Crippen molar-refractivity contribution in [3.63, 3.8) is 0 Å². The predicted octanol–water partition coefficient (Wildman–Crippen LogP) is 5.19. The number of hydrogen-bond acceptors (Lipinski definition) is 1. The van der Waals surface area contributed by atoms with Crippen LogP contribution in [0, 0.1) is 40.4 Å². The summed E-state index contributed by atoms with van der Waals surface area (Å²) in [5.74, 6) is 4.19. The summed E-state index contributed by atoms with van der Waals surface area (Å²) in [6.45, 7) is 7.14. The van der Waals surface area contributed by atoms with Crippen LogP contribution in [-0.4, -0.2) is 11.7 Å². The molecular formula is C21H34O. The molecule has 0 aliphatic heterocycles. The highest BCUT2D eigenvalue weighted by Gasteiger charge is 2.60. The highest BCUT2D eigenvalue weighted by Crippen LogP contribution is 2.67. The molecule has 0 aromatic rings. The van der Waals surface area contributed by atoms with Crippen LogP contribution in [0.5, 0.6) is 0 Å². The molecule has 0 spiro atoms. The Morgan fingerprint density at radius 1 is 1.00 bits per heavy atom. The number of rotatable bonds is 2. The van der Waals surface area contributed by atoms with Gasteiger partial charge in [-0.25, -0.2) is 0 Å². The molecule has 0 bridgehead atoms. The fraction of sp³-hybridized carbons (Fsp3) is 0.905. The summed E-state index contributed by atoms with van der Waals surface area (Å²) in [7, 11) is 0. The molecule has 1 heteroatoms. The van der Waals surface area contributed by atoms with Gasteiger partial charge in [0.1, 0.15) is 0 Å². The molecule has 4 aliphatic rings. The van der Waals surface area contributed by atoms with Gasteiger partial charge in [0, 0.05) is 12.0 Å². The Hall–Kier alpha value is -0.300. The minimum atomic E-state index is 0.195. The maximum atomic E-state index is 10.3. The molecule has 0 radical (unpaired) electrons. The van der Waals surface area contributed by atoms with Gasteiger partial charge in [-0.2, -0.15) is 0 Å². The van der Waals surface area contributed by atoms with Crippen molar-refractivity contribution in [3.05, 3.63) is 12.7 Å². The minimum Gasteiger partial charge on any atom is -0.396 e. The van der Waals surface area contributed by atoms with E-state index in [4.69, 9.17) is 0 Å². The van der Waals surface area contributed by atoms with Gasteiger partial charge in [-0.1, -0.05) is 25.8 Å². The Labute approximate surface area is 136 Å². The van der Waals surface area contributed by atoms with Crippen LogP contribution >= 0.6 is 0 Å². The van der Waals surface area contributed by atoms with Crippen molar-refractivity contribution in [2.75, 3.05) is 6.61 Å². The van der Waals surface area contributed by atoms with Gasteiger partial charge in [0.2, 0.25) is 0 Å². The molecule has 1 unspecified atom stereocenters. The molecule has 4 rings (SSSR count). The van der Waals surface area contributed by atoms with Gasteiger partial charge >= 0.3 is 0 Å². The highest BCUT2D eigenvalue weighted by atomic mass is 16.3. The number of allylic oxidation sites excluding steroid dienone is 1. The molecule has 4 aliphatic carbocycles. The number of aliphatic hydroxyl groups is 1. The fourth-order valence-electron chi connectivity index (χ4n) is 7.81. The van der Waals surface area contributed by atoms with E-state index in [2.05, 4.69) is 19.6 Å². The van der Waals surface area contributed by atoms with E-state index in [9.17, 15) is 5.11 Å². The lowest BCUT2D eigenvalue weighted by Gasteiger charge is -2.60. The summed E-state index contributed by atoms with van der Waals surface area (Å²) in [5.41, 5.74) is 0.815. The molecule has 0 aromatic carbocycles. The van der Waals surface area contributed by atoms with Crippen LogP contribution in [-0.2, 0) is 0 Å². The monoisotopic (exact) mass is 302 g/mol. The summed E-state index contributed by atoms with van der Waals surface area (Å²) in [6.07, 6.45) is 16.2. The maximum Gasteiger partial charge on any atom is 0.0495 e. The second-order valence-electron chi connectivity index (χ2n) is 9.25. The molecule has 0 saturated heterocycles. The zero-order valence-electron chi connectivity index (χ0n) is 14.4. The van der Waals surface area contributed by atoms with Gasteiger partial charge < -0.3 is 5.11 Å². The van der Waals surface area contributed by atoms with Crippen molar-refractivity contribution in [1.82, 2.24) is 0 Å². The number of aliphatic hydroxyl groups excluding tert-OH is 1. The van der Waals surface area contributed by atoms with Gasteiger partial charge in [0.15, 0.2) is 0 Å². The molecule has 1 N–H and O–H groups in total. The second-order valence-corrected chi connectivity index (χ2v) is 9.25. The third-order valence-electron chi connectivity index (χ3n) is 8.95. The maximum absolute atomic E-state index is 10.3. The first kappa shape index (κ1) is 15.2. The van der Waals surface area contributed by atoms with Gasteiger partial charge in [-0.05, 0) is 86.4 Å². The Morgan fingerprint density at radius 3 is 2.64 bits per heavy atom. The van der Waals surface area contributed by atoms with E-state index in [1.807, 2.05) is 0 Å². The van der Waals surface area contributed by atoms with Crippen LogP contribution in [0.1, 0.15) is 71.1 Å². The molecule has 0 amide bonds. The first-order valence-corrected chi connectivity index (χ1v) is 9.89. The SMILES string of the molecule is C=C[C@H]1CC[C@H]2[C@@H]3CCC4CCCC[C@]4(C)[C@H]3CC[C@]12CO. The fourth-order valence-corrected chi connectivity index (χ4v) is 7.81. The first-order valence-electron chi connectivity index (χ1n) is 9.89. The van der Waals surface area contributed by atoms with E-state index in [-0.39, 0.29) is 5.41 Å². The lowest BCUT2D eigenvalue weighted by atomic mass is 9.44. The molecule has 1 nitrogen and oxygen atoms in total. The van der Waals surface area contributed by atoms with Crippen LogP contribution < -0.4 is 0 Å². The van der Waals surface area contributed by atoms with Crippen molar-refractivity contribution in [3.8, 4) is 0 Å². The van der Waals surface area contributed by atoms with Crippen LogP contribution in [0.2, 0.25) is 0 Å². The van der Waals surface area contributed by atoms with Crippen molar-refractivity contribution in [2.45, 2.75) is 71.1 Å². The zero-order chi connectivity index (χ0) is 15.4. The summed E-state index contributed by atoms with van der Waals surface area (Å²) in [6, 6.07) is 0. The van der Waals surface area contributed by atoms with Crippen molar-refractivity contribution < 1.29 is 5.11 Å². The number of fused-ring (bicyclic) bond motifs is 5. The Bertz CT molecular complexity index is 443. The molecule has 124 valence electrons. The molecule has 22 heavy (non-hydrogen) atoms. The largest absolute Gasteiger partial charge is 0.396 e. The van der Waals surface area contributed by atoms with Gasteiger partial charge in [-0.15, -0.1) is 6.58 Å². The summed E-state index contributed by atoms with van der Waals surface area (Å²) >= 11 is 0. The van der Waals surface area contributed by atoms with Crippen LogP contribution in [0.15, 0.2) is 12.7 Å². The molecule has 7 atom stereocenters. The molecular weight excluding hydrogens is 268 g/mol. The van der Waals surface area contributed by atoms with Crippen molar-refractivity contribution in [2.24, 2.45) is 40.4 Å². The average molecular weight is 303 g/mol. The van der Waals surface area contributed by atoms with Gasteiger partial charge in [0.25, 0.3) is 0 Å². The quantitative estimate of drug-likeness (QED) is 0.696. The Balaban J connectivity index is 1.65. The van der Waals surface area contributed by atoms with Crippen molar-refractivity contribution in [1.29, 1.82) is 0 Å². The lowest BCUT2D eigenvalue weighted by Crippen LogP contribution is -2.54. The van der Waals surface area contributed by atoms with E-state index in [1.165, 1.54) is 64.2 Å². The molecule has 4 fully saturated rings. The normalized spacial score (nSPS) is 54.2. The van der Waals surface area contributed by atoms with Gasteiger partial charge in [-0.3, -0.25) is 0 Å². The van der Waals surface area contributed by atoms with Crippen LogP contribution in [0.4, 0.5) is 0 Å². The Morgan fingerprint density at radius 2 is 1.86 bits per heavy atom. The third-order valence-corrected chi connectivity index (χ3v) is 8.95. The van der Waals surface area contributed by atoms with E-state index >= 15 is 0 Å². The molecule has 0 aromatic heterocycles. The van der Waals surface area contributed by atoms with E-state index < -0.39 is 0 Å². The van der Waals surface area contributed by atoms with Crippen LogP contribution in [0.3, 0.4) is 0 Å². The summed E-state index contributed by atoms with van der Waals surface area (Å²) in [5, 5.41) is 10.3. The van der Waals surface area contributed by atoms with E-state index in [0.717, 1.165) is 23.7 Å². The molecule has 0 heterocycles. The van der Waals surface area contributed by atoms with Gasteiger partial charge in [0.05, 0.1) is 0 Å². The minimum absolute atomic E-state index is 0.195. The molecule has 4 saturated carbocycles. The standard InChI is InChI=1S/C21H34O/c1-3-15-8-10-19-17-9-7-16-6-4-5-12-20(16,2)18(17)11-13-21(15,19)14-22/h3,15-19,22H,1,4-14H2,2H3/t15-,16?,17+,18-,19-,20-,21-/m0/s1. The van der Waals surface area contributed by atoms with E-state index in [1.54, 1.807) is 0 Å². The second kappa shape index (κ2) is 5.36. The van der Waals surface area contributed by atoms with Crippen molar-refractivity contribution >= 4 is 0 Å². The number of hydrogen-bond donors (Lipinski definition) is 1. The Kier molecular flexibility index (Phi) is 3.72. The van der Waals surface area contributed by atoms with E-state index in [0.29, 0.717) is 17.9 Å².